The highest BCUT2D eigenvalue weighted by atomic mass is 16.5. The van der Waals surface area contributed by atoms with Crippen LogP contribution in [0.2, 0.25) is 0 Å². The van der Waals surface area contributed by atoms with Crippen LogP contribution in [0.5, 0.6) is 5.75 Å². The zero-order valence-corrected chi connectivity index (χ0v) is 16.7. The van der Waals surface area contributed by atoms with Crippen molar-refractivity contribution in [1.82, 2.24) is 14.5 Å². The standard InChI is InChI=1S/C25H23N3O/c1-17(2)14-18-8-10-19(11-9-18)23-24(20-6-4-3-5-7-20)28-16-29-22-12-13-26-15-21(22)25(28)27-23/h3-13,15,17H,14,16H2,1-2H3. The molecule has 144 valence electrons. The molecule has 4 nitrogen and oxygen atoms in total. The number of nitrogens with zero attached hydrogens (tertiary/aromatic N) is 3. The molecule has 0 amide bonds. The van der Waals surface area contributed by atoms with Gasteiger partial charge >= 0.3 is 0 Å². The summed E-state index contributed by atoms with van der Waals surface area (Å²) in [4.78, 5) is 9.36. The summed E-state index contributed by atoms with van der Waals surface area (Å²) in [5.74, 6) is 2.37. The molecule has 0 N–H and O–H groups in total. The molecule has 2 aromatic carbocycles. The number of hydrogen-bond donors (Lipinski definition) is 0. The molecule has 2 aromatic heterocycles. The van der Waals surface area contributed by atoms with E-state index in [-0.39, 0.29) is 0 Å². The number of benzene rings is 2. The van der Waals surface area contributed by atoms with E-state index in [0.29, 0.717) is 12.6 Å². The second-order valence-corrected chi connectivity index (χ2v) is 7.87. The van der Waals surface area contributed by atoms with Gasteiger partial charge in [-0.15, -0.1) is 0 Å². The van der Waals surface area contributed by atoms with Crippen molar-refractivity contribution in [2.24, 2.45) is 5.92 Å². The van der Waals surface area contributed by atoms with Gasteiger partial charge in [0.05, 0.1) is 17.0 Å². The van der Waals surface area contributed by atoms with Crippen LogP contribution < -0.4 is 4.74 Å². The molecular weight excluding hydrogens is 358 g/mol. The number of pyridine rings is 1. The Kier molecular flexibility index (Phi) is 4.39. The Morgan fingerprint density at radius 2 is 1.76 bits per heavy atom. The Balaban J connectivity index is 1.69. The van der Waals surface area contributed by atoms with Gasteiger partial charge in [-0.25, -0.2) is 4.98 Å². The summed E-state index contributed by atoms with van der Waals surface area (Å²) < 4.78 is 8.16. The third kappa shape index (κ3) is 3.21. The fraction of sp³-hybridized carbons (Fsp3) is 0.200. The summed E-state index contributed by atoms with van der Waals surface area (Å²) in [5, 5.41) is 0. The fourth-order valence-electron chi connectivity index (χ4n) is 3.95. The lowest BCUT2D eigenvalue weighted by Crippen LogP contribution is -2.14. The van der Waals surface area contributed by atoms with Crippen molar-refractivity contribution in [3.63, 3.8) is 0 Å². The van der Waals surface area contributed by atoms with Crippen molar-refractivity contribution in [1.29, 1.82) is 0 Å². The predicted molar refractivity (Wildman–Crippen MR) is 116 cm³/mol. The van der Waals surface area contributed by atoms with Crippen LogP contribution in [0.3, 0.4) is 0 Å². The normalized spacial score (nSPS) is 12.4. The number of hydrogen-bond acceptors (Lipinski definition) is 3. The monoisotopic (exact) mass is 381 g/mol. The van der Waals surface area contributed by atoms with Crippen molar-refractivity contribution < 1.29 is 4.74 Å². The number of fused-ring (bicyclic) bond motifs is 3. The van der Waals surface area contributed by atoms with Crippen LogP contribution in [-0.2, 0) is 13.2 Å². The lowest BCUT2D eigenvalue weighted by Gasteiger charge is -2.20. The highest BCUT2D eigenvalue weighted by Crippen LogP contribution is 2.41. The van der Waals surface area contributed by atoms with Crippen LogP contribution >= 0.6 is 0 Å². The van der Waals surface area contributed by atoms with Gasteiger partial charge in [0.2, 0.25) is 0 Å². The zero-order valence-electron chi connectivity index (χ0n) is 16.7. The maximum atomic E-state index is 6.01. The first-order chi connectivity index (χ1) is 14.2. The summed E-state index contributed by atoms with van der Waals surface area (Å²) in [6, 6.07) is 21.1. The molecule has 29 heavy (non-hydrogen) atoms. The van der Waals surface area contributed by atoms with Crippen LogP contribution in [0.1, 0.15) is 19.4 Å². The molecule has 0 spiro atoms. The Bertz CT molecular complexity index is 1140. The molecule has 0 bridgehead atoms. The minimum atomic E-state index is 0.439. The molecule has 0 saturated heterocycles. The Hall–Kier alpha value is -3.40. The highest BCUT2D eigenvalue weighted by molar-refractivity contribution is 5.83. The van der Waals surface area contributed by atoms with E-state index in [1.165, 1.54) is 5.56 Å². The first kappa shape index (κ1) is 17.7. The van der Waals surface area contributed by atoms with Crippen LogP contribution in [0.15, 0.2) is 73.1 Å². The van der Waals surface area contributed by atoms with E-state index in [1.807, 2.05) is 18.3 Å². The molecular formula is C25H23N3O. The topological polar surface area (TPSA) is 39.9 Å². The van der Waals surface area contributed by atoms with E-state index < -0.39 is 0 Å². The molecule has 0 atom stereocenters. The number of rotatable bonds is 4. The average molecular weight is 381 g/mol. The first-order valence-corrected chi connectivity index (χ1v) is 10.0. The largest absolute Gasteiger partial charge is 0.472 e. The Morgan fingerprint density at radius 3 is 2.52 bits per heavy atom. The van der Waals surface area contributed by atoms with Gasteiger partial charge in [-0.3, -0.25) is 9.55 Å². The summed E-state index contributed by atoms with van der Waals surface area (Å²) >= 11 is 0. The van der Waals surface area contributed by atoms with Crippen molar-refractivity contribution in [2.45, 2.75) is 27.0 Å². The van der Waals surface area contributed by atoms with Crippen LogP contribution in [0.4, 0.5) is 0 Å². The summed E-state index contributed by atoms with van der Waals surface area (Å²) in [5.41, 5.74) is 6.58. The minimum absolute atomic E-state index is 0.439. The quantitative estimate of drug-likeness (QED) is 0.447. The van der Waals surface area contributed by atoms with E-state index >= 15 is 0 Å². The maximum Gasteiger partial charge on any atom is 0.167 e. The molecule has 4 aromatic rings. The van der Waals surface area contributed by atoms with Gasteiger partial charge in [0.1, 0.15) is 11.6 Å². The van der Waals surface area contributed by atoms with Crippen LogP contribution in [0, 0.1) is 5.92 Å². The number of imidazole rings is 1. The van der Waals surface area contributed by atoms with E-state index in [4.69, 9.17) is 9.72 Å². The number of ether oxygens (including phenoxy) is 1. The molecule has 4 heteroatoms. The van der Waals surface area contributed by atoms with Crippen LogP contribution in [-0.4, -0.2) is 14.5 Å². The van der Waals surface area contributed by atoms with Gasteiger partial charge in [-0.2, -0.15) is 0 Å². The molecule has 0 radical (unpaired) electrons. The minimum Gasteiger partial charge on any atom is -0.472 e. The molecule has 5 rings (SSSR count). The molecule has 3 heterocycles. The van der Waals surface area contributed by atoms with Crippen molar-refractivity contribution in [3.8, 4) is 39.7 Å². The third-order valence-electron chi connectivity index (χ3n) is 5.26. The fourth-order valence-corrected chi connectivity index (χ4v) is 3.95. The molecule has 0 saturated carbocycles. The third-order valence-corrected chi connectivity index (χ3v) is 5.26. The average Bonchev–Trinajstić information content (AvgIpc) is 3.14. The van der Waals surface area contributed by atoms with Gasteiger partial charge in [0.25, 0.3) is 0 Å². The van der Waals surface area contributed by atoms with E-state index in [0.717, 1.165) is 46.1 Å². The van der Waals surface area contributed by atoms with E-state index in [9.17, 15) is 0 Å². The first-order valence-electron chi connectivity index (χ1n) is 10.0. The molecule has 1 aliphatic heterocycles. The second-order valence-electron chi connectivity index (χ2n) is 7.87. The molecule has 1 aliphatic rings. The Labute approximate surface area is 170 Å². The van der Waals surface area contributed by atoms with Gasteiger partial charge in [-0.05, 0) is 24.0 Å². The van der Waals surface area contributed by atoms with Crippen molar-refractivity contribution in [2.75, 3.05) is 0 Å². The van der Waals surface area contributed by atoms with Crippen LogP contribution in [0.25, 0.3) is 33.9 Å². The molecule has 0 aliphatic carbocycles. The van der Waals surface area contributed by atoms with Gasteiger partial charge < -0.3 is 4.74 Å². The van der Waals surface area contributed by atoms with Gasteiger partial charge in [0, 0.05) is 23.5 Å². The van der Waals surface area contributed by atoms with Crippen molar-refractivity contribution in [3.05, 3.63) is 78.6 Å². The van der Waals surface area contributed by atoms with Crippen molar-refractivity contribution >= 4 is 0 Å². The SMILES string of the molecule is CC(C)Cc1ccc(-c2nc3n(c2-c2ccccc2)COc2ccncc2-3)cc1. The molecule has 0 unspecified atom stereocenters. The van der Waals surface area contributed by atoms with E-state index in [1.54, 1.807) is 6.20 Å². The van der Waals surface area contributed by atoms with Gasteiger partial charge in [0.15, 0.2) is 6.73 Å². The van der Waals surface area contributed by atoms with Gasteiger partial charge in [-0.1, -0.05) is 68.4 Å². The smallest absolute Gasteiger partial charge is 0.167 e. The Morgan fingerprint density at radius 1 is 0.966 bits per heavy atom. The maximum absolute atomic E-state index is 6.01. The predicted octanol–water partition coefficient (Wildman–Crippen LogP) is 5.83. The zero-order chi connectivity index (χ0) is 19.8. The summed E-state index contributed by atoms with van der Waals surface area (Å²) in [6.07, 6.45) is 4.67. The second kappa shape index (κ2) is 7.21. The molecule has 0 fully saturated rings. The lowest BCUT2D eigenvalue weighted by molar-refractivity contribution is 0.231. The summed E-state index contributed by atoms with van der Waals surface area (Å²) in [6.45, 7) is 4.93. The highest BCUT2D eigenvalue weighted by Gasteiger charge is 2.26. The van der Waals surface area contributed by atoms with E-state index in [2.05, 4.69) is 71.9 Å². The lowest BCUT2D eigenvalue weighted by atomic mass is 9.99. The number of aromatic nitrogens is 3. The summed E-state index contributed by atoms with van der Waals surface area (Å²) in [7, 11) is 0.